The fourth-order valence-electron chi connectivity index (χ4n) is 4.20. The molecule has 9 nitrogen and oxygen atoms in total. The van der Waals surface area contributed by atoms with Gasteiger partial charge in [0.25, 0.3) is 5.91 Å². The number of amides is 2. The summed E-state index contributed by atoms with van der Waals surface area (Å²) in [6.07, 6.45) is 5.06. The Bertz CT molecular complexity index is 1260. The molecule has 2 aromatic carbocycles. The fraction of sp³-hybridized carbons (Fsp3) is 0.346. The van der Waals surface area contributed by atoms with Gasteiger partial charge in [-0.2, -0.15) is 9.78 Å². The highest BCUT2D eigenvalue weighted by molar-refractivity contribution is 6.05. The van der Waals surface area contributed by atoms with E-state index >= 15 is 0 Å². The molecule has 5 rings (SSSR count). The van der Waals surface area contributed by atoms with Crippen molar-refractivity contribution in [3.63, 3.8) is 0 Å². The van der Waals surface area contributed by atoms with Crippen LogP contribution in [-0.2, 0) is 0 Å². The van der Waals surface area contributed by atoms with Crippen LogP contribution in [0.15, 0.2) is 42.5 Å². The molecule has 2 amide bonds. The van der Waals surface area contributed by atoms with Crippen LogP contribution < -0.4 is 20.1 Å². The number of phenolic OH excluding ortho intramolecular Hbond substituents is 1. The van der Waals surface area contributed by atoms with Crippen LogP contribution in [0.4, 0.5) is 10.5 Å². The Hall–Kier alpha value is -4.01. The van der Waals surface area contributed by atoms with E-state index in [1.807, 2.05) is 6.07 Å². The van der Waals surface area contributed by atoms with Gasteiger partial charge in [0.1, 0.15) is 5.75 Å². The third-order valence-corrected chi connectivity index (χ3v) is 6.43. The highest BCUT2D eigenvalue weighted by atomic mass is 16.7. The lowest BCUT2D eigenvalue weighted by Gasteiger charge is -2.25. The van der Waals surface area contributed by atoms with Gasteiger partial charge in [0.05, 0.1) is 11.4 Å². The van der Waals surface area contributed by atoms with Crippen molar-refractivity contribution < 1.29 is 24.2 Å². The average molecular weight is 477 g/mol. The molecule has 2 aliphatic rings. The number of unbranched alkanes of at least 4 members (excludes halogenated alkanes) is 1. The number of nitrogens with one attached hydrogen (secondary N) is 2. The van der Waals surface area contributed by atoms with E-state index in [0.29, 0.717) is 40.6 Å². The van der Waals surface area contributed by atoms with Gasteiger partial charge in [-0.15, -0.1) is 0 Å². The van der Waals surface area contributed by atoms with Crippen molar-refractivity contribution in [2.75, 3.05) is 18.7 Å². The average Bonchev–Trinajstić information content (AvgIpc) is 3.45. The topological polar surface area (TPSA) is 115 Å². The maximum atomic E-state index is 12.8. The molecule has 0 saturated heterocycles. The summed E-state index contributed by atoms with van der Waals surface area (Å²) in [6.45, 7) is 2.80. The van der Waals surface area contributed by atoms with Gasteiger partial charge in [-0.3, -0.25) is 4.79 Å². The highest BCUT2D eigenvalue weighted by Gasteiger charge is 2.27. The van der Waals surface area contributed by atoms with Gasteiger partial charge in [-0.25, -0.2) is 4.79 Å². The quantitative estimate of drug-likeness (QED) is 0.420. The zero-order valence-electron chi connectivity index (χ0n) is 19.5. The number of aromatic nitrogens is 2. The first-order chi connectivity index (χ1) is 17.0. The maximum absolute atomic E-state index is 12.8. The van der Waals surface area contributed by atoms with Crippen LogP contribution in [0, 0.1) is 0 Å². The summed E-state index contributed by atoms with van der Waals surface area (Å²) in [5.74, 6) is 1.03. The second-order valence-corrected chi connectivity index (χ2v) is 8.83. The van der Waals surface area contributed by atoms with Crippen LogP contribution in [0.25, 0.3) is 11.3 Å². The number of rotatable bonds is 7. The number of aromatic hydroxyl groups is 1. The largest absolute Gasteiger partial charge is 0.507 e. The molecular weight excluding hydrogens is 448 g/mol. The first kappa shape index (κ1) is 22.8. The zero-order chi connectivity index (χ0) is 24.4. The van der Waals surface area contributed by atoms with E-state index in [2.05, 4.69) is 22.7 Å². The van der Waals surface area contributed by atoms with Crippen LogP contribution in [0.2, 0.25) is 0 Å². The van der Waals surface area contributed by atoms with Crippen LogP contribution in [0.1, 0.15) is 61.0 Å². The molecule has 1 aliphatic heterocycles. The molecule has 3 N–H and O–H groups in total. The van der Waals surface area contributed by atoms with E-state index in [1.165, 1.54) is 10.7 Å². The van der Waals surface area contributed by atoms with Crippen molar-refractivity contribution in [1.82, 2.24) is 15.1 Å². The van der Waals surface area contributed by atoms with Crippen LogP contribution >= 0.6 is 0 Å². The number of ether oxygens (including phenoxy) is 2. The molecule has 0 unspecified atom stereocenters. The Kier molecular flexibility index (Phi) is 6.31. The second-order valence-electron chi connectivity index (χ2n) is 8.83. The van der Waals surface area contributed by atoms with Crippen LogP contribution in [0.5, 0.6) is 17.2 Å². The summed E-state index contributed by atoms with van der Waals surface area (Å²) < 4.78 is 12.0. The first-order valence-electron chi connectivity index (χ1n) is 12.0. The van der Waals surface area contributed by atoms with E-state index in [0.717, 1.165) is 37.8 Å². The van der Waals surface area contributed by atoms with Crippen LogP contribution in [-0.4, -0.2) is 40.2 Å². The van der Waals surface area contributed by atoms with Crippen molar-refractivity contribution in [3.8, 4) is 28.5 Å². The number of fused-ring (bicyclic) bond motifs is 1. The predicted molar refractivity (Wildman–Crippen MR) is 130 cm³/mol. The number of phenols is 1. The standard InChI is InChI=1S/C26H28N4O5/c1-2-3-11-27-26(33)30-21(16-5-4-6-16)14-20(29-30)19-9-8-18(13-22(19)31)28-25(32)17-7-10-23-24(12-17)35-15-34-23/h7-10,12-14,16,31H,2-6,11,15H2,1H3,(H,27,33)(H,28,32). The molecule has 9 heteroatoms. The van der Waals surface area contributed by atoms with Gasteiger partial charge < -0.3 is 25.2 Å². The molecular formula is C26H28N4O5. The molecule has 1 saturated carbocycles. The Morgan fingerprint density at radius 1 is 1.11 bits per heavy atom. The van der Waals surface area contributed by atoms with Crippen molar-refractivity contribution in [1.29, 1.82) is 0 Å². The third-order valence-electron chi connectivity index (χ3n) is 6.43. The van der Waals surface area contributed by atoms with Gasteiger partial charge in [-0.1, -0.05) is 19.8 Å². The highest BCUT2D eigenvalue weighted by Crippen LogP contribution is 2.39. The molecule has 2 heterocycles. The molecule has 0 radical (unpaired) electrons. The predicted octanol–water partition coefficient (Wildman–Crippen LogP) is 4.86. The summed E-state index contributed by atoms with van der Waals surface area (Å²) in [5.41, 5.74) is 2.72. The lowest BCUT2D eigenvalue weighted by molar-refractivity contribution is 0.102. The van der Waals surface area contributed by atoms with E-state index in [4.69, 9.17) is 9.47 Å². The molecule has 0 bridgehead atoms. The van der Waals surface area contributed by atoms with Crippen molar-refractivity contribution in [2.45, 2.75) is 44.9 Å². The summed E-state index contributed by atoms with van der Waals surface area (Å²) in [7, 11) is 0. The molecule has 3 aromatic rings. The van der Waals surface area contributed by atoms with Gasteiger partial charge >= 0.3 is 6.03 Å². The van der Waals surface area contributed by atoms with E-state index in [9.17, 15) is 14.7 Å². The molecule has 0 atom stereocenters. The molecule has 1 fully saturated rings. The van der Waals surface area contributed by atoms with Gasteiger partial charge in [0, 0.05) is 35.3 Å². The van der Waals surface area contributed by atoms with Crippen molar-refractivity contribution in [2.24, 2.45) is 0 Å². The Balaban J connectivity index is 1.35. The third kappa shape index (κ3) is 4.66. The molecule has 1 aliphatic carbocycles. The minimum atomic E-state index is -0.337. The minimum absolute atomic E-state index is 0.0373. The number of hydrogen-bond acceptors (Lipinski definition) is 6. The first-order valence-corrected chi connectivity index (χ1v) is 12.0. The van der Waals surface area contributed by atoms with E-state index < -0.39 is 0 Å². The second kappa shape index (κ2) is 9.69. The lowest BCUT2D eigenvalue weighted by atomic mass is 9.82. The molecule has 1 aromatic heterocycles. The van der Waals surface area contributed by atoms with E-state index in [-0.39, 0.29) is 30.4 Å². The maximum Gasteiger partial charge on any atom is 0.342 e. The molecule has 35 heavy (non-hydrogen) atoms. The normalized spacial score (nSPS) is 14.4. The molecule has 182 valence electrons. The van der Waals surface area contributed by atoms with Gasteiger partial charge in [0.2, 0.25) is 6.79 Å². The van der Waals surface area contributed by atoms with Gasteiger partial charge in [-0.05, 0) is 55.7 Å². The van der Waals surface area contributed by atoms with Crippen molar-refractivity contribution >= 4 is 17.6 Å². The lowest BCUT2D eigenvalue weighted by Crippen LogP contribution is -2.32. The Labute approximate surface area is 203 Å². The number of carbonyl (C=O) groups excluding carboxylic acids is 2. The monoisotopic (exact) mass is 476 g/mol. The number of anilines is 1. The Morgan fingerprint density at radius 2 is 1.94 bits per heavy atom. The van der Waals surface area contributed by atoms with E-state index in [1.54, 1.807) is 30.3 Å². The SMILES string of the molecule is CCCCNC(=O)n1nc(-c2ccc(NC(=O)c3ccc4c(c3)OCO4)cc2O)cc1C1CCC1. The van der Waals surface area contributed by atoms with Crippen LogP contribution in [0.3, 0.4) is 0 Å². The summed E-state index contributed by atoms with van der Waals surface area (Å²) >= 11 is 0. The summed E-state index contributed by atoms with van der Waals surface area (Å²) in [5, 5.41) is 21.0. The summed E-state index contributed by atoms with van der Waals surface area (Å²) in [4.78, 5) is 25.4. The number of hydrogen-bond donors (Lipinski definition) is 3. The number of benzene rings is 2. The van der Waals surface area contributed by atoms with Gasteiger partial charge in [0.15, 0.2) is 11.5 Å². The Morgan fingerprint density at radius 3 is 2.69 bits per heavy atom. The fourth-order valence-corrected chi connectivity index (χ4v) is 4.20. The zero-order valence-corrected chi connectivity index (χ0v) is 19.5. The van der Waals surface area contributed by atoms with Crippen molar-refractivity contribution in [3.05, 3.63) is 53.7 Å². The number of nitrogens with zero attached hydrogens (tertiary/aromatic N) is 2. The molecule has 0 spiro atoms. The smallest absolute Gasteiger partial charge is 0.342 e. The number of carbonyl (C=O) groups is 2. The summed E-state index contributed by atoms with van der Waals surface area (Å²) in [6, 6.07) is 11.4. The minimum Gasteiger partial charge on any atom is -0.507 e.